The van der Waals surface area contributed by atoms with Crippen LogP contribution in [-0.4, -0.2) is 66.0 Å². The first-order valence-corrected chi connectivity index (χ1v) is 11.8. The fraction of sp³-hybridized carbons (Fsp3) is 0.375. The van der Waals surface area contributed by atoms with Crippen LogP contribution in [0.25, 0.3) is 11.1 Å². The van der Waals surface area contributed by atoms with Crippen LogP contribution in [0.4, 0.5) is 20.3 Å². The SMILES string of the molecule is CN(C)CCOc1cc(F)c(N(N)/C(=N\N)c2cc(-c3cnn(C4CCOCC4)c3)cnc2N)c(F)c1. The van der Waals surface area contributed by atoms with Crippen molar-refractivity contribution in [3.8, 4) is 16.9 Å². The number of pyridine rings is 1. The summed E-state index contributed by atoms with van der Waals surface area (Å²) >= 11 is 0. The van der Waals surface area contributed by atoms with Gasteiger partial charge in [0.1, 0.15) is 23.9 Å². The van der Waals surface area contributed by atoms with Crippen molar-refractivity contribution >= 4 is 17.3 Å². The summed E-state index contributed by atoms with van der Waals surface area (Å²) in [4.78, 5) is 6.10. The summed E-state index contributed by atoms with van der Waals surface area (Å²) in [5.41, 5.74) is 7.15. The summed E-state index contributed by atoms with van der Waals surface area (Å²) in [6, 6.07) is 3.98. The van der Waals surface area contributed by atoms with Crippen molar-refractivity contribution in [1.82, 2.24) is 19.7 Å². The second-order valence-corrected chi connectivity index (χ2v) is 8.92. The number of hydrazine groups is 1. The molecule has 3 heterocycles. The van der Waals surface area contributed by atoms with Gasteiger partial charge in [-0.1, -0.05) is 0 Å². The molecular formula is C24H31F2N9O2. The lowest BCUT2D eigenvalue weighted by Gasteiger charge is -2.23. The van der Waals surface area contributed by atoms with Gasteiger partial charge in [0.25, 0.3) is 0 Å². The molecule has 6 N–H and O–H groups in total. The number of nitrogens with two attached hydrogens (primary N) is 3. The third kappa shape index (κ3) is 5.96. The maximum atomic E-state index is 15.0. The van der Waals surface area contributed by atoms with Gasteiger partial charge in [-0.15, -0.1) is 0 Å². The zero-order chi connectivity index (χ0) is 26.5. The van der Waals surface area contributed by atoms with Crippen LogP contribution in [0.15, 0.2) is 41.9 Å². The molecule has 0 bridgehead atoms. The Kier molecular flexibility index (Phi) is 8.16. The average molecular weight is 516 g/mol. The van der Waals surface area contributed by atoms with Gasteiger partial charge in [0.2, 0.25) is 0 Å². The molecule has 1 aliphatic rings. The summed E-state index contributed by atoms with van der Waals surface area (Å²) in [5.74, 6) is 9.70. The molecule has 0 unspecified atom stereocenters. The summed E-state index contributed by atoms with van der Waals surface area (Å²) in [5, 5.41) is 8.86. The van der Waals surface area contributed by atoms with E-state index in [-0.39, 0.29) is 35.6 Å². The number of hydrazone groups is 1. The van der Waals surface area contributed by atoms with E-state index in [1.165, 1.54) is 0 Å². The van der Waals surface area contributed by atoms with Crippen LogP contribution in [0.5, 0.6) is 5.75 Å². The number of nitrogen functional groups attached to an aromatic ring is 1. The van der Waals surface area contributed by atoms with Gasteiger partial charge in [-0.3, -0.25) is 9.69 Å². The molecule has 4 rings (SSSR count). The van der Waals surface area contributed by atoms with Crippen molar-refractivity contribution < 1.29 is 18.3 Å². The van der Waals surface area contributed by atoms with Crippen molar-refractivity contribution in [1.29, 1.82) is 0 Å². The van der Waals surface area contributed by atoms with E-state index >= 15 is 0 Å². The molecular weight excluding hydrogens is 484 g/mol. The Bertz CT molecular complexity index is 1240. The van der Waals surface area contributed by atoms with Crippen LogP contribution < -0.4 is 27.2 Å². The zero-order valence-electron chi connectivity index (χ0n) is 20.8. The number of halogens is 2. The Morgan fingerprint density at radius 3 is 2.51 bits per heavy atom. The average Bonchev–Trinajstić information content (AvgIpc) is 3.36. The van der Waals surface area contributed by atoms with Gasteiger partial charge in [-0.05, 0) is 33.0 Å². The molecule has 0 atom stereocenters. The lowest BCUT2D eigenvalue weighted by Crippen LogP contribution is -2.40. The molecule has 11 nitrogen and oxygen atoms in total. The summed E-state index contributed by atoms with van der Waals surface area (Å²) in [6.07, 6.45) is 6.92. The van der Waals surface area contributed by atoms with E-state index in [2.05, 4.69) is 15.2 Å². The quantitative estimate of drug-likeness (QED) is 0.178. The summed E-state index contributed by atoms with van der Waals surface area (Å²) in [6.45, 7) is 2.21. The highest BCUT2D eigenvalue weighted by atomic mass is 19.1. The van der Waals surface area contributed by atoms with Crippen LogP contribution in [0, 0.1) is 11.6 Å². The maximum absolute atomic E-state index is 15.0. The predicted octanol–water partition coefficient (Wildman–Crippen LogP) is 2.10. The number of anilines is 2. The van der Waals surface area contributed by atoms with E-state index in [9.17, 15) is 8.78 Å². The van der Waals surface area contributed by atoms with Gasteiger partial charge in [-0.25, -0.2) is 19.6 Å². The lowest BCUT2D eigenvalue weighted by atomic mass is 10.1. The summed E-state index contributed by atoms with van der Waals surface area (Å²) in [7, 11) is 3.73. The number of benzene rings is 1. The topological polar surface area (TPSA) is 146 Å². The predicted molar refractivity (Wildman–Crippen MR) is 137 cm³/mol. The molecule has 1 aliphatic heterocycles. The monoisotopic (exact) mass is 515 g/mol. The number of hydrogen-bond donors (Lipinski definition) is 3. The molecule has 1 fully saturated rings. The Balaban J connectivity index is 1.60. The first kappa shape index (κ1) is 26.3. The molecule has 13 heteroatoms. The van der Waals surface area contributed by atoms with Crippen molar-refractivity contribution in [2.75, 3.05) is 51.2 Å². The molecule has 3 aromatic rings. The van der Waals surface area contributed by atoms with Crippen molar-refractivity contribution in [3.63, 3.8) is 0 Å². The smallest absolute Gasteiger partial charge is 0.178 e. The Hall–Kier alpha value is -3.81. The van der Waals surface area contributed by atoms with Crippen LogP contribution >= 0.6 is 0 Å². The molecule has 0 saturated carbocycles. The van der Waals surface area contributed by atoms with Crippen molar-refractivity contribution in [2.45, 2.75) is 18.9 Å². The highest BCUT2D eigenvalue weighted by Crippen LogP contribution is 2.30. The first-order valence-electron chi connectivity index (χ1n) is 11.8. The van der Waals surface area contributed by atoms with Crippen LogP contribution in [0.1, 0.15) is 24.4 Å². The number of hydrogen-bond acceptors (Lipinski definition) is 9. The molecule has 2 aromatic heterocycles. The molecule has 0 aliphatic carbocycles. The van der Waals surface area contributed by atoms with E-state index in [0.717, 1.165) is 30.5 Å². The highest BCUT2D eigenvalue weighted by molar-refractivity contribution is 6.12. The number of nitrogens with zero attached hydrogens (tertiary/aromatic N) is 6. The molecule has 1 aromatic carbocycles. The number of rotatable bonds is 8. The standard InChI is InChI=1S/C24H31F2N9O2/c1-33(2)5-8-37-18-10-20(25)22(21(26)11-18)35(29)24(32-28)19-9-15(12-30-23(19)27)16-13-31-34(14-16)17-3-6-36-7-4-17/h9-14,17H,3-8,28-29H2,1-2H3,(H2,27,30)/b32-24-. The number of aromatic nitrogens is 3. The molecule has 37 heavy (non-hydrogen) atoms. The largest absolute Gasteiger partial charge is 0.492 e. The van der Waals surface area contributed by atoms with Crippen LogP contribution in [0.3, 0.4) is 0 Å². The lowest BCUT2D eigenvalue weighted by molar-refractivity contribution is 0.0662. The third-order valence-corrected chi connectivity index (χ3v) is 6.05. The first-order chi connectivity index (χ1) is 17.8. The van der Waals surface area contributed by atoms with E-state index in [0.29, 0.717) is 30.3 Å². The van der Waals surface area contributed by atoms with E-state index in [1.54, 1.807) is 18.5 Å². The fourth-order valence-electron chi connectivity index (χ4n) is 4.02. The Morgan fingerprint density at radius 2 is 1.86 bits per heavy atom. The van der Waals surface area contributed by atoms with Crippen molar-refractivity contribution in [3.05, 3.63) is 54.0 Å². The summed E-state index contributed by atoms with van der Waals surface area (Å²) < 4.78 is 42.7. The van der Waals surface area contributed by atoms with E-state index in [4.69, 9.17) is 26.9 Å². The van der Waals surface area contributed by atoms with E-state index in [1.807, 2.05) is 29.9 Å². The molecule has 0 radical (unpaired) electrons. The molecule has 1 saturated heterocycles. The van der Waals surface area contributed by atoms with Gasteiger partial charge in [-0.2, -0.15) is 10.2 Å². The second kappa shape index (κ2) is 11.5. The normalized spacial score (nSPS) is 14.8. The second-order valence-electron chi connectivity index (χ2n) is 8.92. The minimum Gasteiger partial charge on any atom is -0.492 e. The van der Waals surface area contributed by atoms with Crippen LogP contribution in [0.2, 0.25) is 0 Å². The third-order valence-electron chi connectivity index (χ3n) is 6.05. The van der Waals surface area contributed by atoms with E-state index < -0.39 is 17.3 Å². The van der Waals surface area contributed by atoms with Gasteiger partial charge in [0, 0.05) is 55.4 Å². The van der Waals surface area contributed by atoms with Crippen LogP contribution in [-0.2, 0) is 4.74 Å². The molecule has 0 amide bonds. The molecule has 198 valence electrons. The Labute approximate surface area is 213 Å². The van der Waals surface area contributed by atoms with Gasteiger partial charge in [0.15, 0.2) is 17.5 Å². The van der Waals surface area contributed by atoms with Gasteiger partial charge >= 0.3 is 0 Å². The highest BCUT2D eigenvalue weighted by Gasteiger charge is 2.24. The zero-order valence-corrected chi connectivity index (χ0v) is 20.8. The maximum Gasteiger partial charge on any atom is 0.178 e. The van der Waals surface area contributed by atoms with Crippen molar-refractivity contribution in [2.24, 2.45) is 16.8 Å². The number of ether oxygens (including phenoxy) is 2. The number of likely N-dealkylation sites (N-methyl/N-ethyl adjacent to an activating group) is 1. The minimum atomic E-state index is -0.955. The number of amidine groups is 1. The minimum absolute atomic E-state index is 0.0321. The van der Waals surface area contributed by atoms with Gasteiger partial charge < -0.3 is 25.9 Å². The fourth-order valence-corrected chi connectivity index (χ4v) is 4.02. The van der Waals surface area contributed by atoms with Gasteiger partial charge in [0.05, 0.1) is 17.8 Å². The molecule has 0 spiro atoms. The Morgan fingerprint density at radius 1 is 1.16 bits per heavy atom.